The number of carbonyl (C=O) groups is 1. The Balaban J connectivity index is 1.69. The number of methoxy groups -OCH3 is 2. The van der Waals surface area contributed by atoms with Gasteiger partial charge in [0, 0.05) is 56.7 Å². The van der Waals surface area contributed by atoms with Gasteiger partial charge < -0.3 is 23.8 Å². The fourth-order valence-electron chi connectivity index (χ4n) is 3.05. The van der Waals surface area contributed by atoms with Gasteiger partial charge in [0.2, 0.25) is 5.95 Å². The third-order valence-corrected chi connectivity index (χ3v) is 4.48. The van der Waals surface area contributed by atoms with Gasteiger partial charge in [0.15, 0.2) is 0 Å². The minimum Gasteiger partial charge on any atom is -0.497 e. The lowest BCUT2D eigenvalue weighted by Crippen LogP contribution is -2.49. The fraction of sp³-hybridized carbons (Fsp3) is 0.444. The van der Waals surface area contributed by atoms with Crippen molar-refractivity contribution in [2.75, 3.05) is 45.3 Å². The summed E-state index contributed by atoms with van der Waals surface area (Å²) in [5, 5.41) is 0. The summed E-state index contributed by atoms with van der Waals surface area (Å²) in [6, 6.07) is 5.27. The van der Waals surface area contributed by atoms with E-state index in [1.165, 1.54) is 0 Å². The first-order chi connectivity index (χ1) is 12.2. The molecule has 0 atom stereocenters. The Kier molecular flexibility index (Phi) is 5.11. The van der Waals surface area contributed by atoms with Gasteiger partial charge in [-0.05, 0) is 19.1 Å². The van der Waals surface area contributed by atoms with Gasteiger partial charge in [-0.1, -0.05) is 0 Å². The summed E-state index contributed by atoms with van der Waals surface area (Å²) >= 11 is 0. The van der Waals surface area contributed by atoms with Crippen LogP contribution in [0.3, 0.4) is 0 Å². The zero-order chi connectivity index (χ0) is 17.8. The fourth-order valence-corrected chi connectivity index (χ4v) is 3.05. The summed E-state index contributed by atoms with van der Waals surface area (Å²) < 4.78 is 12.6. The van der Waals surface area contributed by atoms with E-state index in [1.54, 1.807) is 32.4 Å². The highest BCUT2D eigenvalue weighted by Crippen LogP contribution is 2.24. The molecule has 7 nitrogen and oxygen atoms in total. The second kappa shape index (κ2) is 7.46. The van der Waals surface area contributed by atoms with Crippen molar-refractivity contribution in [3.8, 4) is 11.5 Å². The molecule has 0 N–H and O–H groups in total. The van der Waals surface area contributed by atoms with E-state index in [-0.39, 0.29) is 5.91 Å². The van der Waals surface area contributed by atoms with Crippen LogP contribution in [0.25, 0.3) is 0 Å². The smallest absolute Gasteiger partial charge is 0.254 e. The van der Waals surface area contributed by atoms with Crippen molar-refractivity contribution in [2.24, 2.45) is 0 Å². The monoisotopic (exact) mass is 344 g/mol. The summed E-state index contributed by atoms with van der Waals surface area (Å²) in [5.74, 6) is 2.20. The lowest BCUT2D eigenvalue weighted by atomic mass is 10.1. The third kappa shape index (κ3) is 3.55. The van der Waals surface area contributed by atoms with Gasteiger partial charge in [0.1, 0.15) is 11.5 Å². The van der Waals surface area contributed by atoms with Crippen molar-refractivity contribution in [3.05, 3.63) is 36.2 Å². The Bertz CT molecular complexity index is 713. The Morgan fingerprint density at radius 3 is 2.28 bits per heavy atom. The van der Waals surface area contributed by atoms with Gasteiger partial charge in [-0.3, -0.25) is 4.79 Å². The molecule has 134 valence electrons. The van der Waals surface area contributed by atoms with Gasteiger partial charge in [0.25, 0.3) is 5.91 Å². The quantitative estimate of drug-likeness (QED) is 0.829. The maximum Gasteiger partial charge on any atom is 0.254 e. The SMILES string of the molecule is CCn1ccnc1N1CCN(C(=O)c2cc(OC)cc(OC)c2)CC1. The molecular formula is C18H24N4O3. The highest BCUT2D eigenvalue weighted by molar-refractivity contribution is 5.95. The van der Waals surface area contributed by atoms with Crippen molar-refractivity contribution in [1.82, 2.24) is 14.5 Å². The topological polar surface area (TPSA) is 59.8 Å². The normalized spacial score (nSPS) is 14.5. The molecule has 25 heavy (non-hydrogen) atoms. The van der Waals surface area contributed by atoms with Crippen LogP contribution in [-0.2, 0) is 6.54 Å². The number of piperazine rings is 1. The molecule has 7 heteroatoms. The molecule has 0 bridgehead atoms. The molecule has 1 amide bonds. The van der Waals surface area contributed by atoms with E-state index >= 15 is 0 Å². The summed E-state index contributed by atoms with van der Waals surface area (Å²) in [6.45, 7) is 5.84. The molecule has 0 spiro atoms. The highest BCUT2D eigenvalue weighted by Gasteiger charge is 2.24. The lowest BCUT2D eigenvalue weighted by Gasteiger charge is -2.35. The standard InChI is InChI=1S/C18H24N4O3/c1-4-20-6-5-19-18(20)22-9-7-21(8-10-22)17(23)14-11-15(24-2)13-16(12-14)25-3/h5-6,11-13H,4,7-10H2,1-3H3. The molecule has 3 rings (SSSR count). The number of aryl methyl sites for hydroxylation is 1. The summed E-state index contributed by atoms with van der Waals surface area (Å²) in [4.78, 5) is 21.4. The Labute approximate surface area is 147 Å². The molecule has 0 aliphatic carbocycles. The minimum atomic E-state index is -0.00400. The van der Waals surface area contributed by atoms with E-state index in [0.29, 0.717) is 30.2 Å². The number of nitrogens with zero attached hydrogens (tertiary/aromatic N) is 4. The zero-order valence-corrected chi connectivity index (χ0v) is 14.9. The number of aromatic nitrogens is 2. The predicted octanol–water partition coefficient (Wildman–Crippen LogP) is 1.88. The van der Waals surface area contributed by atoms with Crippen LogP contribution in [0.5, 0.6) is 11.5 Å². The molecule has 1 aromatic heterocycles. The first-order valence-electron chi connectivity index (χ1n) is 8.44. The maximum absolute atomic E-state index is 12.8. The second-order valence-corrected chi connectivity index (χ2v) is 5.89. The van der Waals surface area contributed by atoms with Gasteiger partial charge in [-0.2, -0.15) is 0 Å². The van der Waals surface area contributed by atoms with Gasteiger partial charge in [0.05, 0.1) is 14.2 Å². The van der Waals surface area contributed by atoms with Crippen molar-refractivity contribution in [2.45, 2.75) is 13.5 Å². The molecule has 1 aliphatic heterocycles. The van der Waals surface area contributed by atoms with E-state index in [0.717, 1.165) is 25.6 Å². The molecule has 1 aromatic carbocycles. The first-order valence-corrected chi connectivity index (χ1v) is 8.44. The molecule has 1 fully saturated rings. The minimum absolute atomic E-state index is 0.00400. The average Bonchev–Trinajstić information content (AvgIpc) is 3.15. The molecule has 1 aliphatic rings. The average molecular weight is 344 g/mol. The molecule has 2 aromatic rings. The van der Waals surface area contributed by atoms with Crippen molar-refractivity contribution >= 4 is 11.9 Å². The van der Waals surface area contributed by atoms with Crippen LogP contribution in [0.1, 0.15) is 17.3 Å². The van der Waals surface area contributed by atoms with Crippen LogP contribution in [0, 0.1) is 0 Å². The number of anilines is 1. The van der Waals surface area contributed by atoms with E-state index in [1.807, 2.05) is 17.3 Å². The van der Waals surface area contributed by atoms with Crippen molar-refractivity contribution in [3.63, 3.8) is 0 Å². The molecule has 2 heterocycles. The van der Waals surface area contributed by atoms with Crippen LogP contribution in [-0.4, -0.2) is 60.8 Å². The number of ether oxygens (including phenoxy) is 2. The first kappa shape index (κ1) is 17.1. The van der Waals surface area contributed by atoms with Crippen LogP contribution in [0.2, 0.25) is 0 Å². The Morgan fingerprint density at radius 2 is 1.72 bits per heavy atom. The van der Waals surface area contributed by atoms with E-state index in [4.69, 9.17) is 9.47 Å². The molecule has 0 saturated carbocycles. The lowest BCUT2D eigenvalue weighted by molar-refractivity contribution is 0.0745. The van der Waals surface area contributed by atoms with E-state index < -0.39 is 0 Å². The van der Waals surface area contributed by atoms with Gasteiger partial charge in [-0.15, -0.1) is 0 Å². The van der Waals surface area contributed by atoms with Crippen LogP contribution >= 0.6 is 0 Å². The van der Waals surface area contributed by atoms with Crippen LogP contribution in [0.4, 0.5) is 5.95 Å². The van der Waals surface area contributed by atoms with Gasteiger partial charge >= 0.3 is 0 Å². The number of imidazole rings is 1. The number of amides is 1. The molecule has 1 saturated heterocycles. The Morgan fingerprint density at radius 1 is 1.08 bits per heavy atom. The largest absolute Gasteiger partial charge is 0.497 e. The second-order valence-electron chi connectivity index (χ2n) is 5.89. The summed E-state index contributed by atoms with van der Waals surface area (Å²) in [6.07, 6.45) is 3.80. The molecular weight excluding hydrogens is 320 g/mol. The number of carbonyl (C=O) groups excluding carboxylic acids is 1. The predicted molar refractivity (Wildman–Crippen MR) is 95.6 cm³/mol. The summed E-state index contributed by atoms with van der Waals surface area (Å²) in [5.41, 5.74) is 0.583. The molecule has 0 unspecified atom stereocenters. The van der Waals surface area contributed by atoms with Crippen LogP contribution in [0.15, 0.2) is 30.6 Å². The van der Waals surface area contributed by atoms with E-state index in [2.05, 4.69) is 21.4 Å². The van der Waals surface area contributed by atoms with Crippen molar-refractivity contribution in [1.29, 1.82) is 0 Å². The number of benzene rings is 1. The van der Waals surface area contributed by atoms with Crippen molar-refractivity contribution < 1.29 is 14.3 Å². The number of rotatable bonds is 5. The number of hydrogen-bond acceptors (Lipinski definition) is 5. The van der Waals surface area contributed by atoms with E-state index in [9.17, 15) is 4.79 Å². The zero-order valence-electron chi connectivity index (χ0n) is 14.9. The van der Waals surface area contributed by atoms with Crippen LogP contribution < -0.4 is 14.4 Å². The molecule has 0 radical (unpaired) electrons. The third-order valence-electron chi connectivity index (χ3n) is 4.48. The maximum atomic E-state index is 12.8. The number of hydrogen-bond donors (Lipinski definition) is 0. The summed E-state index contributed by atoms with van der Waals surface area (Å²) in [7, 11) is 3.16. The highest BCUT2D eigenvalue weighted by atomic mass is 16.5. The Hall–Kier alpha value is -2.70. The van der Waals surface area contributed by atoms with Gasteiger partial charge in [-0.25, -0.2) is 4.98 Å².